The number of hydrogen-bond acceptors (Lipinski definition) is 4. The third kappa shape index (κ3) is 3.08. The average molecular weight is 257 g/mol. The van der Waals surface area contributed by atoms with Gasteiger partial charge in [0, 0.05) is 24.9 Å². The van der Waals surface area contributed by atoms with Crippen molar-refractivity contribution in [1.82, 2.24) is 20.4 Å². The maximum atomic E-state index is 5.23. The van der Waals surface area contributed by atoms with Gasteiger partial charge in [-0.05, 0) is 26.5 Å². The Morgan fingerprint density at radius 3 is 2.82 bits per heavy atom. The summed E-state index contributed by atoms with van der Waals surface area (Å²) in [6, 6.07) is 0.345. The molecule has 0 aliphatic rings. The van der Waals surface area contributed by atoms with Crippen molar-refractivity contribution in [3.05, 3.63) is 23.8 Å². The Labute approximate surface area is 106 Å². The lowest BCUT2D eigenvalue weighted by atomic mass is 10.2. The predicted molar refractivity (Wildman–Crippen MR) is 68.3 cm³/mol. The SMILES string of the molecule is CNC(C)Cc1noc(-c2c[nH]cc2C)n1.Cl. The lowest BCUT2D eigenvalue weighted by Gasteiger charge is -2.04. The van der Waals surface area contributed by atoms with Gasteiger partial charge in [0.05, 0.1) is 5.56 Å². The van der Waals surface area contributed by atoms with Crippen LogP contribution in [0, 0.1) is 6.92 Å². The Morgan fingerprint density at radius 1 is 1.47 bits per heavy atom. The molecular formula is C11H17ClN4O. The molecule has 0 saturated carbocycles. The molecule has 2 N–H and O–H groups in total. The van der Waals surface area contributed by atoms with E-state index in [0.717, 1.165) is 23.4 Å². The zero-order valence-electron chi connectivity index (χ0n) is 10.2. The van der Waals surface area contributed by atoms with E-state index in [1.807, 2.05) is 26.4 Å². The number of halogens is 1. The quantitative estimate of drug-likeness (QED) is 0.878. The van der Waals surface area contributed by atoms with E-state index in [1.54, 1.807) is 0 Å². The van der Waals surface area contributed by atoms with E-state index in [2.05, 4.69) is 27.4 Å². The van der Waals surface area contributed by atoms with Gasteiger partial charge >= 0.3 is 0 Å². The molecule has 0 saturated heterocycles. The van der Waals surface area contributed by atoms with E-state index in [4.69, 9.17) is 4.52 Å². The summed E-state index contributed by atoms with van der Waals surface area (Å²) in [4.78, 5) is 7.38. The maximum absolute atomic E-state index is 5.23. The van der Waals surface area contributed by atoms with Gasteiger partial charge < -0.3 is 14.8 Å². The number of aromatic nitrogens is 3. The highest BCUT2D eigenvalue weighted by Crippen LogP contribution is 2.20. The standard InChI is InChI=1S/C11H16N4O.ClH/c1-7-5-13-6-9(7)11-14-10(15-16-11)4-8(2)12-3;/h5-6,8,12-13H,4H2,1-3H3;1H. The normalized spacial score (nSPS) is 12.2. The number of nitrogens with zero attached hydrogens (tertiary/aromatic N) is 2. The fraction of sp³-hybridized carbons (Fsp3) is 0.455. The molecule has 2 heterocycles. The molecule has 6 heteroatoms. The van der Waals surface area contributed by atoms with Gasteiger partial charge in [0.15, 0.2) is 5.82 Å². The van der Waals surface area contributed by atoms with Gasteiger partial charge in [-0.15, -0.1) is 12.4 Å². The largest absolute Gasteiger partial charge is 0.367 e. The van der Waals surface area contributed by atoms with Gasteiger partial charge in [-0.3, -0.25) is 0 Å². The van der Waals surface area contributed by atoms with Gasteiger partial charge in [0.1, 0.15) is 0 Å². The van der Waals surface area contributed by atoms with Crippen LogP contribution >= 0.6 is 12.4 Å². The molecule has 0 spiro atoms. The number of hydrogen-bond donors (Lipinski definition) is 2. The number of H-pyrrole nitrogens is 1. The molecule has 1 unspecified atom stereocenters. The zero-order chi connectivity index (χ0) is 11.5. The average Bonchev–Trinajstić information content (AvgIpc) is 2.86. The number of rotatable bonds is 4. The Kier molecular flexibility index (Phi) is 4.72. The fourth-order valence-corrected chi connectivity index (χ4v) is 1.49. The van der Waals surface area contributed by atoms with Gasteiger partial charge in [-0.2, -0.15) is 4.98 Å². The maximum Gasteiger partial charge on any atom is 0.259 e. The summed E-state index contributed by atoms with van der Waals surface area (Å²) in [5.41, 5.74) is 2.08. The van der Waals surface area contributed by atoms with Gasteiger partial charge in [-0.25, -0.2) is 0 Å². The van der Waals surface area contributed by atoms with Crippen LogP contribution in [0.4, 0.5) is 0 Å². The highest BCUT2D eigenvalue weighted by Gasteiger charge is 2.13. The van der Waals surface area contributed by atoms with Crippen molar-refractivity contribution >= 4 is 12.4 Å². The lowest BCUT2D eigenvalue weighted by Crippen LogP contribution is -2.24. The summed E-state index contributed by atoms with van der Waals surface area (Å²) < 4.78 is 5.23. The molecule has 0 amide bonds. The second kappa shape index (κ2) is 5.84. The number of aryl methyl sites for hydroxylation is 1. The van der Waals surface area contributed by atoms with Crippen molar-refractivity contribution in [3.63, 3.8) is 0 Å². The number of aromatic amines is 1. The second-order valence-corrected chi connectivity index (χ2v) is 3.96. The monoisotopic (exact) mass is 256 g/mol. The van der Waals surface area contributed by atoms with Crippen LogP contribution in [0.3, 0.4) is 0 Å². The van der Waals surface area contributed by atoms with Gasteiger partial charge in [0.2, 0.25) is 0 Å². The molecule has 0 fully saturated rings. The Hall–Kier alpha value is -1.33. The second-order valence-electron chi connectivity index (χ2n) is 3.96. The van der Waals surface area contributed by atoms with E-state index in [1.165, 1.54) is 0 Å². The Bertz CT molecular complexity index is 465. The van der Waals surface area contributed by atoms with Crippen LogP contribution in [0.25, 0.3) is 11.5 Å². The van der Waals surface area contributed by atoms with Crippen molar-refractivity contribution in [2.45, 2.75) is 26.3 Å². The van der Waals surface area contributed by atoms with Crippen molar-refractivity contribution in [3.8, 4) is 11.5 Å². The van der Waals surface area contributed by atoms with Crippen LogP contribution in [0.1, 0.15) is 18.3 Å². The zero-order valence-corrected chi connectivity index (χ0v) is 11.0. The Morgan fingerprint density at radius 2 is 2.24 bits per heavy atom. The molecule has 5 nitrogen and oxygen atoms in total. The molecule has 1 atom stereocenters. The van der Waals surface area contributed by atoms with Gasteiger partial charge in [-0.1, -0.05) is 5.16 Å². The number of nitrogens with one attached hydrogen (secondary N) is 2. The van der Waals surface area contributed by atoms with Crippen LogP contribution < -0.4 is 5.32 Å². The van der Waals surface area contributed by atoms with E-state index >= 15 is 0 Å². The highest BCUT2D eigenvalue weighted by molar-refractivity contribution is 5.85. The van der Waals surface area contributed by atoms with E-state index in [-0.39, 0.29) is 12.4 Å². The molecule has 0 aliphatic heterocycles. The minimum atomic E-state index is 0. The summed E-state index contributed by atoms with van der Waals surface area (Å²) in [6.07, 6.45) is 4.55. The van der Waals surface area contributed by atoms with Gasteiger partial charge in [0.25, 0.3) is 5.89 Å². The molecule has 2 rings (SSSR count). The molecule has 0 aromatic carbocycles. The summed E-state index contributed by atoms with van der Waals surface area (Å²) in [7, 11) is 1.92. The summed E-state index contributed by atoms with van der Waals surface area (Å²) in [5, 5.41) is 7.10. The van der Waals surface area contributed by atoms with E-state index in [0.29, 0.717) is 11.9 Å². The topological polar surface area (TPSA) is 66.7 Å². The lowest BCUT2D eigenvalue weighted by molar-refractivity contribution is 0.418. The van der Waals surface area contributed by atoms with Crippen molar-refractivity contribution in [1.29, 1.82) is 0 Å². The first-order chi connectivity index (χ1) is 7.70. The van der Waals surface area contributed by atoms with Crippen molar-refractivity contribution < 1.29 is 4.52 Å². The highest BCUT2D eigenvalue weighted by atomic mass is 35.5. The molecular weight excluding hydrogens is 240 g/mol. The van der Waals surface area contributed by atoms with Crippen molar-refractivity contribution in [2.24, 2.45) is 0 Å². The van der Waals surface area contributed by atoms with Crippen LogP contribution in [-0.4, -0.2) is 28.2 Å². The predicted octanol–water partition coefficient (Wildman–Crippen LogP) is 1.95. The fourth-order valence-electron chi connectivity index (χ4n) is 1.49. The number of likely N-dealkylation sites (N-methyl/N-ethyl adjacent to an activating group) is 1. The minimum Gasteiger partial charge on any atom is -0.367 e. The first-order valence-corrected chi connectivity index (χ1v) is 5.34. The van der Waals surface area contributed by atoms with Crippen LogP contribution in [0.2, 0.25) is 0 Å². The molecule has 94 valence electrons. The summed E-state index contributed by atoms with van der Waals surface area (Å²) >= 11 is 0. The molecule has 2 aromatic rings. The molecule has 0 bridgehead atoms. The summed E-state index contributed by atoms with van der Waals surface area (Å²) in [5.74, 6) is 1.31. The molecule has 0 aliphatic carbocycles. The first-order valence-electron chi connectivity index (χ1n) is 5.34. The Balaban J connectivity index is 0.00000144. The molecule has 2 aromatic heterocycles. The summed E-state index contributed by atoms with van der Waals surface area (Å²) in [6.45, 7) is 4.09. The van der Waals surface area contributed by atoms with E-state index < -0.39 is 0 Å². The minimum absolute atomic E-state index is 0. The molecule has 17 heavy (non-hydrogen) atoms. The van der Waals surface area contributed by atoms with Crippen molar-refractivity contribution in [2.75, 3.05) is 7.05 Å². The van der Waals surface area contributed by atoms with Crippen LogP contribution in [0.5, 0.6) is 0 Å². The van der Waals surface area contributed by atoms with E-state index in [9.17, 15) is 0 Å². The smallest absolute Gasteiger partial charge is 0.259 e. The third-order valence-electron chi connectivity index (χ3n) is 2.63. The van der Waals surface area contributed by atoms with Crippen LogP contribution in [-0.2, 0) is 6.42 Å². The van der Waals surface area contributed by atoms with Crippen LogP contribution in [0.15, 0.2) is 16.9 Å². The first kappa shape index (κ1) is 13.7. The third-order valence-corrected chi connectivity index (χ3v) is 2.63. The molecule has 0 radical (unpaired) electrons.